The quantitative estimate of drug-likeness (QED) is 0.536. The van der Waals surface area contributed by atoms with Crippen LogP contribution >= 0.6 is 0 Å². The highest BCUT2D eigenvalue weighted by Crippen LogP contribution is 2.29. The molecule has 156 valence electrons. The molecule has 1 aliphatic rings. The fraction of sp³-hybridized carbons (Fsp3) is 0.174. The van der Waals surface area contributed by atoms with E-state index >= 15 is 0 Å². The van der Waals surface area contributed by atoms with Gasteiger partial charge < -0.3 is 9.88 Å². The number of carbonyl (C=O) groups is 1. The topological polar surface area (TPSA) is 91.0 Å². The molecule has 5 rings (SSSR count). The number of hydrogen-bond acceptors (Lipinski definition) is 3. The molecule has 8 heteroatoms. The van der Waals surface area contributed by atoms with Crippen LogP contribution in [0.25, 0.3) is 27.2 Å². The molecule has 1 aliphatic heterocycles. The van der Waals surface area contributed by atoms with Gasteiger partial charge >= 0.3 is 0 Å². The molecule has 4 aromatic rings. The van der Waals surface area contributed by atoms with E-state index < -0.39 is 11.1 Å². The van der Waals surface area contributed by atoms with Crippen LogP contribution in [-0.4, -0.2) is 38.7 Å². The summed E-state index contributed by atoms with van der Waals surface area (Å²) >= 11 is 0. The van der Waals surface area contributed by atoms with Gasteiger partial charge in [-0.1, -0.05) is 18.2 Å². The number of aromatic nitrogens is 3. The van der Waals surface area contributed by atoms with E-state index in [1.54, 1.807) is 35.2 Å². The number of fused-ring (bicyclic) bond motifs is 2. The minimum atomic E-state index is -0.403. The van der Waals surface area contributed by atoms with Crippen molar-refractivity contribution in [3.63, 3.8) is 0 Å². The van der Waals surface area contributed by atoms with Gasteiger partial charge in [0.1, 0.15) is 12.4 Å². The normalized spacial score (nSPS) is 14.2. The molecule has 2 aromatic carbocycles. The molecule has 0 saturated heterocycles. The number of hydrogen-bond donors (Lipinski definition) is 2. The predicted molar refractivity (Wildman–Crippen MR) is 116 cm³/mol. The summed E-state index contributed by atoms with van der Waals surface area (Å²) in [4.78, 5) is 42.4. The molecule has 31 heavy (non-hydrogen) atoms. The summed E-state index contributed by atoms with van der Waals surface area (Å²) in [5.74, 6) is -0.540. The Kier molecular flexibility index (Phi) is 4.54. The highest BCUT2D eigenvalue weighted by atomic mass is 19.1. The first kappa shape index (κ1) is 19.0. The van der Waals surface area contributed by atoms with Crippen molar-refractivity contribution in [2.75, 3.05) is 13.1 Å². The number of aromatic amines is 2. The molecule has 0 bridgehead atoms. The zero-order valence-electron chi connectivity index (χ0n) is 16.5. The molecular formula is C23H19FN4O3. The van der Waals surface area contributed by atoms with Crippen LogP contribution in [-0.2, 0) is 11.3 Å². The van der Waals surface area contributed by atoms with Crippen molar-refractivity contribution < 1.29 is 9.18 Å². The monoisotopic (exact) mass is 418 g/mol. The summed E-state index contributed by atoms with van der Waals surface area (Å²) in [5.41, 5.74) is 2.01. The molecule has 0 radical (unpaired) electrons. The van der Waals surface area contributed by atoms with E-state index in [2.05, 4.69) is 10.1 Å². The lowest BCUT2D eigenvalue weighted by atomic mass is 9.99. The first-order chi connectivity index (χ1) is 15.0. The standard InChI is InChI=1S/C23H19FN4O3/c24-15-5-6-16-19(12-25-20(16)11-15)14-7-9-27(10-8-14)21(29)13-28-23(31)18-4-2-1-3-17(18)22(30)26-28/h1-7,11-12,25H,8-10,13H2,(H,26,30). The second-order valence-corrected chi connectivity index (χ2v) is 7.59. The van der Waals surface area contributed by atoms with Crippen LogP contribution in [0.4, 0.5) is 4.39 Å². The predicted octanol–water partition coefficient (Wildman–Crippen LogP) is 2.63. The second-order valence-electron chi connectivity index (χ2n) is 7.59. The largest absolute Gasteiger partial charge is 0.360 e. The Bertz CT molecular complexity index is 1480. The SMILES string of the molecule is O=C(Cn1[nH]c(=O)c2ccccc2c1=O)N1CC=C(c2c[nH]c3cc(F)ccc23)CC1. The van der Waals surface area contributed by atoms with Gasteiger partial charge in [-0.2, -0.15) is 0 Å². The maximum Gasteiger partial charge on any atom is 0.273 e. The molecule has 2 N–H and O–H groups in total. The van der Waals surface area contributed by atoms with Gasteiger partial charge in [0.25, 0.3) is 11.1 Å². The average Bonchev–Trinajstić information content (AvgIpc) is 3.20. The van der Waals surface area contributed by atoms with Crippen LogP contribution < -0.4 is 11.1 Å². The zero-order valence-corrected chi connectivity index (χ0v) is 16.5. The third-order valence-corrected chi connectivity index (χ3v) is 5.73. The number of benzene rings is 2. The first-order valence-electron chi connectivity index (χ1n) is 9.97. The van der Waals surface area contributed by atoms with Crippen molar-refractivity contribution in [2.24, 2.45) is 0 Å². The van der Waals surface area contributed by atoms with Crippen LogP contribution in [0.15, 0.2) is 64.3 Å². The Morgan fingerprint density at radius 1 is 1.06 bits per heavy atom. The number of amides is 1. The van der Waals surface area contributed by atoms with Gasteiger partial charge in [-0.3, -0.25) is 19.5 Å². The Morgan fingerprint density at radius 2 is 1.87 bits per heavy atom. The second kappa shape index (κ2) is 7.39. The van der Waals surface area contributed by atoms with Crippen LogP contribution in [0.1, 0.15) is 12.0 Å². The van der Waals surface area contributed by atoms with Crippen LogP contribution in [0.3, 0.4) is 0 Å². The van der Waals surface area contributed by atoms with Crippen molar-refractivity contribution in [3.05, 3.63) is 86.8 Å². The van der Waals surface area contributed by atoms with Crippen LogP contribution in [0, 0.1) is 5.82 Å². The van der Waals surface area contributed by atoms with E-state index in [-0.39, 0.29) is 23.7 Å². The fourth-order valence-electron chi connectivity index (χ4n) is 4.10. The van der Waals surface area contributed by atoms with Crippen molar-refractivity contribution in [3.8, 4) is 0 Å². The highest BCUT2D eigenvalue weighted by Gasteiger charge is 2.21. The summed E-state index contributed by atoms with van der Waals surface area (Å²) in [6.45, 7) is 0.661. The van der Waals surface area contributed by atoms with Crippen LogP contribution in [0.2, 0.25) is 0 Å². The van der Waals surface area contributed by atoms with Gasteiger partial charge in [0.15, 0.2) is 0 Å². The fourth-order valence-corrected chi connectivity index (χ4v) is 4.10. The van der Waals surface area contributed by atoms with Gasteiger partial charge in [-0.15, -0.1) is 0 Å². The number of rotatable bonds is 3. The Balaban J connectivity index is 1.36. The Morgan fingerprint density at radius 3 is 2.65 bits per heavy atom. The number of H-pyrrole nitrogens is 2. The molecule has 0 spiro atoms. The summed E-state index contributed by atoms with van der Waals surface area (Å²) in [6.07, 6.45) is 4.46. The van der Waals surface area contributed by atoms with Crippen molar-refractivity contribution >= 4 is 33.2 Å². The number of carbonyl (C=O) groups excluding carboxylic acids is 1. The van der Waals surface area contributed by atoms with Gasteiger partial charge in [0.2, 0.25) is 5.91 Å². The summed E-state index contributed by atoms with van der Waals surface area (Å²) in [7, 11) is 0. The summed E-state index contributed by atoms with van der Waals surface area (Å²) in [5, 5.41) is 4.03. The maximum atomic E-state index is 13.4. The summed E-state index contributed by atoms with van der Waals surface area (Å²) < 4.78 is 14.5. The highest BCUT2D eigenvalue weighted by molar-refractivity contribution is 5.93. The van der Waals surface area contributed by atoms with E-state index in [1.165, 1.54) is 12.1 Å². The van der Waals surface area contributed by atoms with Crippen LogP contribution in [0.5, 0.6) is 0 Å². The van der Waals surface area contributed by atoms with E-state index in [0.29, 0.717) is 24.9 Å². The lowest BCUT2D eigenvalue weighted by Crippen LogP contribution is -2.41. The minimum Gasteiger partial charge on any atom is -0.360 e. The zero-order chi connectivity index (χ0) is 21.5. The molecular weight excluding hydrogens is 399 g/mol. The van der Waals surface area contributed by atoms with E-state index in [4.69, 9.17) is 0 Å². The van der Waals surface area contributed by atoms with E-state index in [0.717, 1.165) is 26.7 Å². The maximum absolute atomic E-state index is 13.4. The Labute approximate surface area is 175 Å². The van der Waals surface area contributed by atoms with Gasteiger partial charge in [0.05, 0.1) is 10.8 Å². The van der Waals surface area contributed by atoms with Gasteiger partial charge in [-0.25, -0.2) is 9.07 Å². The van der Waals surface area contributed by atoms with Crippen molar-refractivity contribution in [2.45, 2.75) is 13.0 Å². The van der Waals surface area contributed by atoms with E-state index in [1.807, 2.05) is 12.3 Å². The molecule has 2 aromatic heterocycles. The minimum absolute atomic E-state index is 0.228. The van der Waals surface area contributed by atoms with Crippen molar-refractivity contribution in [1.29, 1.82) is 0 Å². The smallest absolute Gasteiger partial charge is 0.273 e. The lowest BCUT2D eigenvalue weighted by molar-refractivity contribution is -0.131. The first-order valence-corrected chi connectivity index (χ1v) is 9.97. The molecule has 0 fully saturated rings. The molecule has 0 unspecified atom stereocenters. The number of halogens is 1. The Hall–Kier alpha value is -3.94. The molecule has 7 nitrogen and oxygen atoms in total. The number of nitrogens with zero attached hydrogens (tertiary/aromatic N) is 2. The third-order valence-electron chi connectivity index (χ3n) is 5.73. The molecule has 0 aliphatic carbocycles. The lowest BCUT2D eigenvalue weighted by Gasteiger charge is -2.26. The molecule has 0 atom stereocenters. The van der Waals surface area contributed by atoms with Gasteiger partial charge in [-0.05, 0) is 42.3 Å². The molecule has 3 heterocycles. The van der Waals surface area contributed by atoms with Crippen molar-refractivity contribution in [1.82, 2.24) is 19.7 Å². The molecule has 1 amide bonds. The summed E-state index contributed by atoms with van der Waals surface area (Å²) in [6, 6.07) is 11.2. The molecule has 0 saturated carbocycles. The van der Waals surface area contributed by atoms with Gasteiger partial charge in [0, 0.05) is 35.8 Å². The third kappa shape index (κ3) is 3.35. The van der Waals surface area contributed by atoms with E-state index in [9.17, 15) is 18.8 Å². The average molecular weight is 418 g/mol. The number of nitrogens with one attached hydrogen (secondary N) is 2.